The molecule has 1 fully saturated rings. The Kier molecular flexibility index (Phi) is 5.95. The van der Waals surface area contributed by atoms with Gasteiger partial charge in [-0.1, -0.05) is 19.1 Å². The highest BCUT2D eigenvalue weighted by Crippen LogP contribution is 2.15. The number of nitrogens with zero attached hydrogens (tertiary/aromatic N) is 1. The highest BCUT2D eigenvalue weighted by molar-refractivity contribution is 5.18. The van der Waals surface area contributed by atoms with Crippen LogP contribution in [0.5, 0.6) is 0 Å². The molecule has 1 unspecified atom stereocenters. The predicted molar refractivity (Wildman–Crippen MR) is 79.1 cm³/mol. The molecule has 2 N–H and O–H groups in total. The van der Waals surface area contributed by atoms with E-state index in [4.69, 9.17) is 0 Å². The zero-order chi connectivity index (χ0) is 14.4. The van der Waals surface area contributed by atoms with Gasteiger partial charge in [0.05, 0.1) is 6.10 Å². The largest absolute Gasteiger partial charge is 0.387 e. The van der Waals surface area contributed by atoms with Crippen LogP contribution in [0.4, 0.5) is 4.39 Å². The smallest absolute Gasteiger partial charge is 0.123 e. The molecule has 20 heavy (non-hydrogen) atoms. The molecule has 1 aromatic carbocycles. The number of halogens is 1. The molecule has 0 aliphatic carbocycles. The molecule has 1 aliphatic heterocycles. The molecule has 0 aromatic heterocycles. The molecule has 0 bridgehead atoms. The zero-order valence-corrected chi connectivity index (χ0v) is 12.2. The van der Waals surface area contributed by atoms with Gasteiger partial charge in [-0.15, -0.1) is 0 Å². The van der Waals surface area contributed by atoms with Crippen molar-refractivity contribution >= 4 is 0 Å². The Balaban J connectivity index is 1.71. The maximum atomic E-state index is 12.8. The number of rotatable bonds is 6. The second-order valence-electron chi connectivity index (χ2n) is 5.59. The Hall–Kier alpha value is -0.970. The molecule has 1 aromatic rings. The zero-order valence-electron chi connectivity index (χ0n) is 12.2. The Morgan fingerprint density at radius 3 is 2.55 bits per heavy atom. The minimum Gasteiger partial charge on any atom is -0.387 e. The van der Waals surface area contributed by atoms with Gasteiger partial charge in [0.2, 0.25) is 0 Å². The van der Waals surface area contributed by atoms with Gasteiger partial charge in [0.25, 0.3) is 0 Å². The number of benzene rings is 1. The SMILES string of the molecule is CCCN1CCC(NCC(O)c2ccc(F)cc2)CC1. The third-order valence-electron chi connectivity index (χ3n) is 3.98. The number of hydrogen-bond donors (Lipinski definition) is 2. The van der Waals surface area contributed by atoms with Crippen molar-refractivity contribution < 1.29 is 9.50 Å². The molecule has 1 heterocycles. The first kappa shape index (κ1) is 15.4. The molecule has 112 valence electrons. The molecule has 0 radical (unpaired) electrons. The first-order valence-corrected chi connectivity index (χ1v) is 7.58. The summed E-state index contributed by atoms with van der Waals surface area (Å²) in [5, 5.41) is 13.5. The number of piperidine rings is 1. The summed E-state index contributed by atoms with van der Waals surface area (Å²) in [6.07, 6.45) is 2.91. The molecule has 1 aliphatic rings. The van der Waals surface area contributed by atoms with E-state index in [1.807, 2.05) is 0 Å². The van der Waals surface area contributed by atoms with Crippen LogP contribution in [0.3, 0.4) is 0 Å². The van der Waals surface area contributed by atoms with Crippen LogP contribution in [0, 0.1) is 5.82 Å². The van der Waals surface area contributed by atoms with Crippen molar-refractivity contribution in [1.82, 2.24) is 10.2 Å². The number of aliphatic hydroxyl groups is 1. The van der Waals surface area contributed by atoms with Crippen molar-refractivity contribution in [3.63, 3.8) is 0 Å². The fraction of sp³-hybridized carbons (Fsp3) is 0.625. The van der Waals surface area contributed by atoms with E-state index in [1.54, 1.807) is 12.1 Å². The summed E-state index contributed by atoms with van der Waals surface area (Å²) in [6, 6.07) is 6.55. The van der Waals surface area contributed by atoms with Crippen LogP contribution in [-0.2, 0) is 0 Å². The van der Waals surface area contributed by atoms with Crippen LogP contribution >= 0.6 is 0 Å². The van der Waals surface area contributed by atoms with Gasteiger partial charge in [0, 0.05) is 12.6 Å². The second-order valence-corrected chi connectivity index (χ2v) is 5.59. The predicted octanol–water partition coefficient (Wildman–Crippen LogP) is 2.32. The lowest BCUT2D eigenvalue weighted by Gasteiger charge is -2.32. The molecular weight excluding hydrogens is 255 g/mol. The fourth-order valence-corrected chi connectivity index (χ4v) is 2.76. The van der Waals surface area contributed by atoms with Gasteiger partial charge in [-0.3, -0.25) is 0 Å². The van der Waals surface area contributed by atoms with Gasteiger partial charge in [0.1, 0.15) is 5.82 Å². The van der Waals surface area contributed by atoms with Crippen molar-refractivity contribution in [2.75, 3.05) is 26.2 Å². The summed E-state index contributed by atoms with van der Waals surface area (Å²) in [7, 11) is 0. The summed E-state index contributed by atoms with van der Waals surface area (Å²) >= 11 is 0. The van der Waals surface area contributed by atoms with Crippen molar-refractivity contribution in [1.29, 1.82) is 0 Å². The summed E-state index contributed by atoms with van der Waals surface area (Å²) < 4.78 is 12.8. The van der Waals surface area contributed by atoms with Crippen LogP contribution in [0.15, 0.2) is 24.3 Å². The molecular formula is C16H25FN2O. The Bertz CT molecular complexity index is 388. The van der Waals surface area contributed by atoms with E-state index < -0.39 is 6.10 Å². The quantitative estimate of drug-likeness (QED) is 0.839. The number of hydrogen-bond acceptors (Lipinski definition) is 3. The summed E-state index contributed by atoms with van der Waals surface area (Å²) in [5.41, 5.74) is 0.766. The van der Waals surface area contributed by atoms with E-state index in [0.717, 1.165) is 31.5 Å². The molecule has 3 nitrogen and oxygen atoms in total. The Morgan fingerprint density at radius 2 is 1.95 bits per heavy atom. The van der Waals surface area contributed by atoms with Crippen molar-refractivity contribution in [3.05, 3.63) is 35.6 Å². The Labute approximate surface area is 120 Å². The molecule has 0 amide bonds. The average Bonchev–Trinajstić information content (AvgIpc) is 2.47. The molecule has 0 spiro atoms. The van der Waals surface area contributed by atoms with E-state index in [0.29, 0.717) is 12.6 Å². The minimum atomic E-state index is -0.565. The van der Waals surface area contributed by atoms with Crippen LogP contribution in [0.25, 0.3) is 0 Å². The molecule has 1 saturated heterocycles. The van der Waals surface area contributed by atoms with Gasteiger partial charge < -0.3 is 15.3 Å². The average molecular weight is 280 g/mol. The van der Waals surface area contributed by atoms with Crippen LogP contribution < -0.4 is 5.32 Å². The van der Waals surface area contributed by atoms with E-state index in [9.17, 15) is 9.50 Å². The number of nitrogens with one attached hydrogen (secondary N) is 1. The van der Waals surface area contributed by atoms with Gasteiger partial charge in [-0.2, -0.15) is 0 Å². The van der Waals surface area contributed by atoms with Gasteiger partial charge in [-0.25, -0.2) is 4.39 Å². The number of aliphatic hydroxyl groups excluding tert-OH is 1. The number of likely N-dealkylation sites (tertiary alicyclic amines) is 1. The third-order valence-corrected chi connectivity index (χ3v) is 3.98. The third kappa shape index (κ3) is 4.54. The maximum absolute atomic E-state index is 12.8. The maximum Gasteiger partial charge on any atom is 0.123 e. The van der Waals surface area contributed by atoms with Crippen LogP contribution in [-0.4, -0.2) is 42.2 Å². The first-order chi connectivity index (χ1) is 9.69. The molecule has 2 rings (SSSR count). The van der Waals surface area contributed by atoms with Crippen molar-refractivity contribution in [2.45, 2.75) is 38.3 Å². The summed E-state index contributed by atoms with van der Waals surface area (Å²) in [5.74, 6) is -0.266. The normalized spacial score (nSPS) is 19.1. The standard InChI is InChI=1S/C16H25FN2O/c1-2-9-19-10-7-15(8-11-19)18-12-16(20)13-3-5-14(17)6-4-13/h3-6,15-16,18,20H,2,7-12H2,1H3. The van der Waals surface area contributed by atoms with E-state index in [-0.39, 0.29) is 5.82 Å². The lowest BCUT2D eigenvalue weighted by molar-refractivity contribution is 0.151. The van der Waals surface area contributed by atoms with Gasteiger partial charge in [0.15, 0.2) is 0 Å². The van der Waals surface area contributed by atoms with Crippen LogP contribution in [0.1, 0.15) is 37.9 Å². The monoisotopic (exact) mass is 280 g/mol. The first-order valence-electron chi connectivity index (χ1n) is 7.58. The minimum absolute atomic E-state index is 0.266. The summed E-state index contributed by atoms with van der Waals surface area (Å²) in [4.78, 5) is 2.49. The van der Waals surface area contributed by atoms with Crippen LogP contribution in [0.2, 0.25) is 0 Å². The second kappa shape index (κ2) is 7.72. The lowest BCUT2D eigenvalue weighted by Crippen LogP contribution is -2.43. The van der Waals surface area contributed by atoms with Gasteiger partial charge in [-0.05, 0) is 56.6 Å². The Morgan fingerprint density at radius 1 is 1.30 bits per heavy atom. The van der Waals surface area contributed by atoms with E-state index in [1.165, 1.54) is 25.1 Å². The summed E-state index contributed by atoms with van der Waals surface area (Å²) in [6.45, 7) is 6.20. The highest BCUT2D eigenvalue weighted by Gasteiger charge is 2.19. The van der Waals surface area contributed by atoms with Crippen molar-refractivity contribution in [2.24, 2.45) is 0 Å². The molecule has 4 heteroatoms. The van der Waals surface area contributed by atoms with E-state index in [2.05, 4.69) is 17.1 Å². The van der Waals surface area contributed by atoms with E-state index >= 15 is 0 Å². The lowest BCUT2D eigenvalue weighted by atomic mass is 10.0. The van der Waals surface area contributed by atoms with Gasteiger partial charge >= 0.3 is 0 Å². The molecule has 0 saturated carbocycles. The topological polar surface area (TPSA) is 35.5 Å². The molecule has 1 atom stereocenters. The van der Waals surface area contributed by atoms with Crippen molar-refractivity contribution in [3.8, 4) is 0 Å². The fourth-order valence-electron chi connectivity index (χ4n) is 2.76. The highest BCUT2D eigenvalue weighted by atomic mass is 19.1.